The van der Waals surface area contributed by atoms with E-state index in [1.807, 2.05) is 12.1 Å². The zero-order chi connectivity index (χ0) is 22.7. The number of carbonyl (C=O) groups is 1. The Morgan fingerprint density at radius 3 is 1.90 bits per heavy atom. The number of benzene rings is 2. The van der Waals surface area contributed by atoms with E-state index in [-0.39, 0.29) is 0 Å². The normalized spacial score (nSPS) is 10.0. The lowest BCUT2D eigenvalue weighted by Crippen LogP contribution is -2.25. The van der Waals surface area contributed by atoms with Crippen molar-refractivity contribution in [3.63, 3.8) is 0 Å². The van der Waals surface area contributed by atoms with Gasteiger partial charge in [0, 0.05) is 31.3 Å². The molecule has 0 aliphatic heterocycles. The number of carbonyl (C=O) groups excluding carboxylic acids is 1. The van der Waals surface area contributed by atoms with Gasteiger partial charge in [-0.3, -0.25) is 4.79 Å². The molecule has 0 fully saturated rings. The minimum Gasteiger partial charge on any atom is -0.497 e. The molecule has 0 amide bonds. The third-order valence-corrected chi connectivity index (χ3v) is 4.96. The highest BCUT2D eigenvalue weighted by Gasteiger charge is 2.15. The molecule has 2 aromatic rings. The van der Waals surface area contributed by atoms with Crippen LogP contribution in [-0.4, -0.2) is 69.7 Å². The Bertz CT molecular complexity index is 836. The molecule has 0 N–H and O–H groups in total. The smallest absolute Gasteiger partial charge is 0.264 e. The maximum absolute atomic E-state index is 11.5. The number of hydrogen-bond donors (Lipinski definition) is 0. The fourth-order valence-corrected chi connectivity index (χ4v) is 2.45. The van der Waals surface area contributed by atoms with Crippen LogP contribution in [0.4, 0.5) is 0 Å². The van der Waals surface area contributed by atoms with Crippen LogP contribution in [0.5, 0.6) is 17.2 Å². The summed E-state index contributed by atoms with van der Waals surface area (Å²) < 4.78 is 16.2. The number of thiocarbonyl (C=S) groups is 1. The Kier molecular flexibility index (Phi) is 10.9. The Hall–Kier alpha value is -2.64. The highest BCUT2D eigenvalue weighted by atomic mass is 32.1. The largest absolute Gasteiger partial charge is 0.497 e. The Morgan fingerprint density at radius 2 is 1.47 bits per heavy atom. The molecule has 0 aromatic heterocycles. The van der Waals surface area contributed by atoms with E-state index >= 15 is 0 Å². The standard InChI is InChI=1S/C18H19NO4S.C5H13N/c1-19(2)18(24)23-17-10-14(22-4)6-8-16(17)15-7-5-13(21-3)9-12(15)11-20;1-4-6(3)5-2/h5-11H,1-4H3;4-5H2,1-3H3. The molecule has 2 aromatic carbocycles. The first kappa shape index (κ1) is 25.4. The molecule has 0 atom stereocenters. The Morgan fingerprint density at radius 1 is 0.933 bits per heavy atom. The van der Waals surface area contributed by atoms with E-state index in [4.69, 9.17) is 26.4 Å². The average Bonchev–Trinajstić information content (AvgIpc) is 2.78. The summed E-state index contributed by atoms with van der Waals surface area (Å²) in [5, 5.41) is 0.311. The van der Waals surface area contributed by atoms with Gasteiger partial charge >= 0.3 is 0 Å². The number of ether oxygens (including phenoxy) is 3. The molecule has 0 heterocycles. The maximum Gasteiger partial charge on any atom is 0.264 e. The number of hydrogen-bond acceptors (Lipinski definition) is 6. The topological polar surface area (TPSA) is 51.2 Å². The predicted octanol–water partition coefficient (Wildman–Crippen LogP) is 4.37. The van der Waals surface area contributed by atoms with Crippen molar-refractivity contribution < 1.29 is 19.0 Å². The fraction of sp³-hybridized carbons (Fsp3) is 0.391. The van der Waals surface area contributed by atoms with Crippen molar-refractivity contribution >= 4 is 23.7 Å². The first-order valence-electron chi connectivity index (χ1n) is 9.70. The third-order valence-electron chi connectivity index (χ3n) is 4.51. The second kappa shape index (κ2) is 12.8. The molecule has 2 rings (SSSR count). The van der Waals surface area contributed by atoms with Gasteiger partial charge in [0.1, 0.15) is 17.2 Å². The molecule has 164 valence electrons. The fourth-order valence-electron chi connectivity index (χ4n) is 2.36. The zero-order valence-electron chi connectivity index (χ0n) is 18.9. The molecule has 0 bridgehead atoms. The van der Waals surface area contributed by atoms with Gasteiger partial charge in [-0.1, -0.05) is 13.8 Å². The summed E-state index contributed by atoms with van der Waals surface area (Å²) in [7, 11) is 8.84. The maximum atomic E-state index is 11.5. The van der Waals surface area contributed by atoms with Gasteiger partial charge in [0.05, 0.1) is 14.2 Å². The van der Waals surface area contributed by atoms with E-state index in [9.17, 15) is 4.79 Å². The van der Waals surface area contributed by atoms with Crippen LogP contribution in [0.25, 0.3) is 11.1 Å². The van der Waals surface area contributed by atoms with Crippen LogP contribution in [0.3, 0.4) is 0 Å². The van der Waals surface area contributed by atoms with Crippen LogP contribution < -0.4 is 14.2 Å². The first-order valence-corrected chi connectivity index (χ1v) is 10.1. The summed E-state index contributed by atoms with van der Waals surface area (Å²) in [6.07, 6.45) is 0.788. The van der Waals surface area contributed by atoms with Crippen molar-refractivity contribution in [2.75, 3.05) is 48.5 Å². The Labute approximate surface area is 185 Å². The van der Waals surface area contributed by atoms with Crippen LogP contribution in [0.15, 0.2) is 36.4 Å². The quantitative estimate of drug-likeness (QED) is 0.476. The highest BCUT2D eigenvalue weighted by molar-refractivity contribution is 7.80. The predicted molar refractivity (Wildman–Crippen MR) is 126 cm³/mol. The number of nitrogens with zero attached hydrogens (tertiary/aromatic N) is 2. The van der Waals surface area contributed by atoms with E-state index in [0.717, 1.165) is 30.5 Å². The van der Waals surface area contributed by atoms with Crippen molar-refractivity contribution in [2.45, 2.75) is 13.8 Å². The monoisotopic (exact) mass is 432 g/mol. The van der Waals surface area contributed by atoms with E-state index in [0.29, 0.717) is 28.0 Å². The van der Waals surface area contributed by atoms with Crippen molar-refractivity contribution in [1.29, 1.82) is 0 Å². The van der Waals surface area contributed by atoms with Gasteiger partial charge in [-0.25, -0.2) is 0 Å². The van der Waals surface area contributed by atoms with Crippen molar-refractivity contribution in [3.05, 3.63) is 42.0 Å². The second-order valence-corrected chi connectivity index (χ2v) is 7.03. The van der Waals surface area contributed by atoms with E-state index in [1.165, 1.54) is 0 Å². The molecule has 0 saturated carbocycles. The number of rotatable bonds is 7. The van der Waals surface area contributed by atoms with Crippen LogP contribution in [0.2, 0.25) is 0 Å². The molecular formula is C23H32N2O4S. The minimum atomic E-state index is 0.311. The van der Waals surface area contributed by atoms with Gasteiger partial charge in [-0.2, -0.15) is 0 Å². The van der Waals surface area contributed by atoms with Crippen LogP contribution in [0, 0.1) is 0 Å². The lowest BCUT2D eigenvalue weighted by atomic mass is 9.99. The number of methoxy groups -OCH3 is 2. The Balaban J connectivity index is 0.000000656. The van der Waals surface area contributed by atoms with E-state index in [2.05, 4.69) is 25.8 Å². The molecule has 0 unspecified atom stereocenters. The first-order chi connectivity index (χ1) is 14.3. The molecule has 7 heteroatoms. The second-order valence-electron chi connectivity index (χ2n) is 6.68. The zero-order valence-corrected chi connectivity index (χ0v) is 19.7. The molecule has 0 aliphatic carbocycles. The SMILES string of the molecule is CCN(C)CC.COc1ccc(-c2ccc(OC)cc2OC(=S)N(C)C)c(C=O)c1. The lowest BCUT2D eigenvalue weighted by molar-refractivity contribution is 0.112. The molecule has 0 aliphatic rings. The van der Waals surface area contributed by atoms with Crippen molar-refractivity contribution in [3.8, 4) is 28.4 Å². The molecule has 0 spiro atoms. The molecule has 0 radical (unpaired) electrons. The van der Waals surface area contributed by atoms with E-state index in [1.54, 1.807) is 57.5 Å². The minimum absolute atomic E-state index is 0.311. The summed E-state index contributed by atoms with van der Waals surface area (Å²) in [5.41, 5.74) is 1.97. The summed E-state index contributed by atoms with van der Waals surface area (Å²) >= 11 is 5.22. The van der Waals surface area contributed by atoms with Crippen LogP contribution in [-0.2, 0) is 0 Å². The van der Waals surface area contributed by atoms with Gasteiger partial charge in [-0.15, -0.1) is 0 Å². The summed E-state index contributed by atoms with van der Waals surface area (Å²) in [5.74, 6) is 1.76. The lowest BCUT2D eigenvalue weighted by Gasteiger charge is -2.18. The number of aldehydes is 1. The third kappa shape index (κ3) is 7.31. The van der Waals surface area contributed by atoms with Gasteiger partial charge in [-0.05, 0) is 68.3 Å². The van der Waals surface area contributed by atoms with Gasteiger partial charge in [0.2, 0.25) is 0 Å². The average molecular weight is 433 g/mol. The molecule has 0 saturated heterocycles. The summed E-state index contributed by atoms with van der Waals surface area (Å²) in [6.45, 7) is 6.64. The highest BCUT2D eigenvalue weighted by Crippen LogP contribution is 2.36. The molecule has 30 heavy (non-hydrogen) atoms. The molecular weight excluding hydrogens is 400 g/mol. The van der Waals surface area contributed by atoms with E-state index < -0.39 is 0 Å². The van der Waals surface area contributed by atoms with Crippen molar-refractivity contribution in [2.24, 2.45) is 0 Å². The van der Waals surface area contributed by atoms with Gasteiger partial charge in [0.15, 0.2) is 6.29 Å². The van der Waals surface area contributed by atoms with Crippen molar-refractivity contribution in [1.82, 2.24) is 9.80 Å². The summed E-state index contributed by atoms with van der Waals surface area (Å²) in [6, 6.07) is 10.7. The summed E-state index contributed by atoms with van der Waals surface area (Å²) in [4.78, 5) is 15.4. The van der Waals surface area contributed by atoms with Gasteiger partial charge < -0.3 is 24.0 Å². The van der Waals surface area contributed by atoms with Crippen LogP contribution in [0.1, 0.15) is 24.2 Å². The van der Waals surface area contributed by atoms with Crippen LogP contribution >= 0.6 is 12.2 Å². The molecule has 6 nitrogen and oxygen atoms in total. The van der Waals surface area contributed by atoms with Gasteiger partial charge in [0.25, 0.3) is 5.17 Å².